The van der Waals surface area contributed by atoms with Crippen molar-refractivity contribution in [2.75, 3.05) is 13.2 Å². The number of ether oxygens (including phenoxy) is 1. The summed E-state index contributed by atoms with van der Waals surface area (Å²) < 4.78 is 5.52. The van der Waals surface area contributed by atoms with Crippen molar-refractivity contribution >= 4 is 0 Å². The average Bonchev–Trinajstić information content (AvgIpc) is 3.23. The van der Waals surface area contributed by atoms with E-state index in [1.54, 1.807) is 12.1 Å². The van der Waals surface area contributed by atoms with Gasteiger partial charge in [0.1, 0.15) is 5.75 Å². The lowest BCUT2D eigenvalue weighted by Gasteiger charge is -2.22. The number of phenols is 1. The van der Waals surface area contributed by atoms with Crippen LogP contribution in [0.4, 0.5) is 0 Å². The van der Waals surface area contributed by atoms with E-state index in [0.29, 0.717) is 11.7 Å². The maximum Gasteiger partial charge on any atom is 0.159 e. The molecule has 2 atom stereocenters. The molecule has 20 heavy (non-hydrogen) atoms. The molecule has 2 fully saturated rings. The highest BCUT2D eigenvalue weighted by atomic mass is 16.5. The topological polar surface area (TPSA) is 55.2 Å². The van der Waals surface area contributed by atoms with Crippen molar-refractivity contribution in [3.8, 4) is 17.1 Å². The van der Waals surface area contributed by atoms with Crippen LogP contribution in [0, 0.1) is 5.92 Å². The van der Waals surface area contributed by atoms with Crippen molar-refractivity contribution in [3.63, 3.8) is 0 Å². The summed E-state index contributed by atoms with van der Waals surface area (Å²) in [6.07, 6.45) is 4.04. The van der Waals surface area contributed by atoms with Gasteiger partial charge in [0, 0.05) is 23.8 Å². The summed E-state index contributed by atoms with van der Waals surface area (Å²) in [7, 11) is 0. The summed E-state index contributed by atoms with van der Waals surface area (Å²) in [5, 5.41) is 9.58. The van der Waals surface area contributed by atoms with Gasteiger partial charge >= 0.3 is 0 Å². The van der Waals surface area contributed by atoms with Crippen LogP contribution in [0.15, 0.2) is 36.5 Å². The Bertz CT molecular complexity index is 658. The molecule has 0 amide bonds. The number of hydrogen-bond acceptors (Lipinski definition) is 4. The molecule has 2 aliphatic rings. The van der Waals surface area contributed by atoms with Gasteiger partial charge < -0.3 is 9.84 Å². The Balaban J connectivity index is 1.72. The molecule has 4 rings (SSSR count). The minimum absolute atomic E-state index is 0.215. The Kier molecular flexibility index (Phi) is 2.54. The third-order valence-corrected chi connectivity index (χ3v) is 4.51. The maximum absolute atomic E-state index is 9.58. The first kappa shape index (κ1) is 11.9. The fourth-order valence-corrected chi connectivity index (χ4v) is 3.25. The maximum atomic E-state index is 9.58. The van der Waals surface area contributed by atoms with Crippen LogP contribution in [0.3, 0.4) is 0 Å². The van der Waals surface area contributed by atoms with Crippen LogP contribution in [0.1, 0.15) is 18.5 Å². The lowest BCUT2D eigenvalue weighted by molar-refractivity contribution is 0.0794. The Labute approximate surface area is 117 Å². The Morgan fingerprint density at radius 1 is 1.30 bits per heavy atom. The van der Waals surface area contributed by atoms with E-state index in [4.69, 9.17) is 9.72 Å². The summed E-state index contributed by atoms with van der Waals surface area (Å²) >= 11 is 0. The highest BCUT2D eigenvalue weighted by Gasteiger charge is 2.57. The first-order valence-corrected chi connectivity index (χ1v) is 6.99. The molecule has 1 N–H and O–H groups in total. The van der Waals surface area contributed by atoms with E-state index in [1.807, 2.05) is 24.4 Å². The SMILES string of the molecule is Oc1cccc(-c2nccc([C@]34CCOC[C@H]3C4)n2)c1. The van der Waals surface area contributed by atoms with E-state index < -0.39 is 0 Å². The molecule has 0 bridgehead atoms. The molecule has 1 saturated carbocycles. The zero-order chi connectivity index (χ0) is 13.6. The lowest BCUT2D eigenvalue weighted by Crippen LogP contribution is -2.22. The number of phenolic OH excluding ortho intramolecular Hbond substituents is 1. The molecule has 4 nitrogen and oxygen atoms in total. The first-order valence-electron chi connectivity index (χ1n) is 6.99. The zero-order valence-corrected chi connectivity index (χ0v) is 11.1. The number of fused-ring (bicyclic) bond motifs is 1. The van der Waals surface area contributed by atoms with Gasteiger partial charge in [0.15, 0.2) is 5.82 Å². The smallest absolute Gasteiger partial charge is 0.159 e. The summed E-state index contributed by atoms with van der Waals surface area (Å²) in [6, 6.07) is 9.11. The number of rotatable bonds is 2. The van der Waals surface area contributed by atoms with Crippen LogP contribution in [0.25, 0.3) is 11.4 Å². The third kappa shape index (κ3) is 1.79. The lowest BCUT2D eigenvalue weighted by atomic mass is 9.93. The molecule has 4 heteroatoms. The second kappa shape index (κ2) is 4.28. The summed E-state index contributed by atoms with van der Waals surface area (Å²) in [5.74, 6) is 1.54. The second-order valence-electron chi connectivity index (χ2n) is 5.70. The first-order chi connectivity index (χ1) is 9.78. The van der Waals surface area contributed by atoms with Gasteiger partial charge in [0.25, 0.3) is 0 Å². The number of aromatic hydroxyl groups is 1. The summed E-state index contributed by atoms with van der Waals surface area (Å²) in [4.78, 5) is 9.09. The quantitative estimate of drug-likeness (QED) is 0.909. The Morgan fingerprint density at radius 3 is 3.10 bits per heavy atom. The molecule has 0 radical (unpaired) electrons. The normalized spacial score (nSPS) is 27.9. The van der Waals surface area contributed by atoms with Crippen LogP contribution in [-0.2, 0) is 10.2 Å². The fourth-order valence-electron chi connectivity index (χ4n) is 3.25. The van der Waals surface area contributed by atoms with E-state index in [2.05, 4.69) is 4.98 Å². The molecule has 1 saturated heterocycles. The number of aromatic nitrogens is 2. The summed E-state index contributed by atoms with van der Waals surface area (Å²) in [5.41, 5.74) is 2.19. The molecular formula is C16H16N2O2. The molecule has 0 spiro atoms. The highest BCUT2D eigenvalue weighted by Crippen LogP contribution is 2.58. The van der Waals surface area contributed by atoms with Gasteiger partial charge in [-0.05, 0) is 37.0 Å². The van der Waals surface area contributed by atoms with Crippen molar-refractivity contribution in [1.29, 1.82) is 0 Å². The molecule has 1 aliphatic heterocycles. The molecule has 0 unspecified atom stereocenters. The van der Waals surface area contributed by atoms with Gasteiger partial charge in [-0.15, -0.1) is 0 Å². The minimum Gasteiger partial charge on any atom is -0.508 e. The molecule has 102 valence electrons. The standard InChI is InChI=1S/C16H16N2O2/c19-13-3-1-2-11(8-13)15-17-6-4-14(18-15)16-5-7-20-10-12(16)9-16/h1-4,6,8,12,19H,5,7,9-10H2/t12-,16+/m1/s1. The second-order valence-corrected chi connectivity index (χ2v) is 5.70. The van der Waals surface area contributed by atoms with Gasteiger partial charge in [0.05, 0.1) is 12.3 Å². The number of benzene rings is 1. The monoisotopic (exact) mass is 268 g/mol. The van der Waals surface area contributed by atoms with Gasteiger partial charge in [-0.3, -0.25) is 0 Å². The highest BCUT2D eigenvalue weighted by molar-refractivity contribution is 5.57. The Hall–Kier alpha value is -1.94. The van der Waals surface area contributed by atoms with E-state index in [-0.39, 0.29) is 11.2 Å². The van der Waals surface area contributed by atoms with E-state index in [9.17, 15) is 5.11 Å². The minimum atomic E-state index is 0.215. The molecule has 1 aliphatic carbocycles. The van der Waals surface area contributed by atoms with E-state index >= 15 is 0 Å². The zero-order valence-electron chi connectivity index (χ0n) is 11.1. The molecule has 2 aromatic rings. The van der Waals surface area contributed by atoms with Crippen molar-refractivity contribution < 1.29 is 9.84 Å². The molecule has 1 aromatic heterocycles. The average molecular weight is 268 g/mol. The third-order valence-electron chi connectivity index (χ3n) is 4.51. The van der Waals surface area contributed by atoms with Crippen LogP contribution >= 0.6 is 0 Å². The van der Waals surface area contributed by atoms with Gasteiger partial charge in [-0.25, -0.2) is 9.97 Å². The number of nitrogens with zero attached hydrogens (tertiary/aromatic N) is 2. The predicted molar refractivity (Wildman–Crippen MR) is 74.4 cm³/mol. The van der Waals surface area contributed by atoms with E-state index in [1.165, 1.54) is 6.42 Å². The van der Waals surface area contributed by atoms with Gasteiger partial charge in [0.2, 0.25) is 0 Å². The molecule has 1 aromatic carbocycles. The van der Waals surface area contributed by atoms with Crippen molar-refractivity contribution in [2.45, 2.75) is 18.3 Å². The Morgan fingerprint density at radius 2 is 2.25 bits per heavy atom. The largest absolute Gasteiger partial charge is 0.508 e. The van der Waals surface area contributed by atoms with Gasteiger partial charge in [-0.1, -0.05) is 12.1 Å². The molecular weight excluding hydrogens is 252 g/mol. The van der Waals surface area contributed by atoms with Crippen molar-refractivity contribution in [3.05, 3.63) is 42.2 Å². The van der Waals surface area contributed by atoms with Crippen LogP contribution < -0.4 is 0 Å². The van der Waals surface area contributed by atoms with E-state index in [0.717, 1.165) is 30.9 Å². The van der Waals surface area contributed by atoms with Crippen LogP contribution in [-0.4, -0.2) is 28.3 Å². The summed E-state index contributed by atoms with van der Waals surface area (Å²) in [6.45, 7) is 1.67. The molecule has 2 heterocycles. The number of hydrogen-bond donors (Lipinski definition) is 1. The fraction of sp³-hybridized carbons (Fsp3) is 0.375. The van der Waals surface area contributed by atoms with Crippen molar-refractivity contribution in [2.24, 2.45) is 5.92 Å². The van der Waals surface area contributed by atoms with Crippen LogP contribution in [0.5, 0.6) is 5.75 Å². The van der Waals surface area contributed by atoms with Crippen LogP contribution in [0.2, 0.25) is 0 Å². The van der Waals surface area contributed by atoms with Gasteiger partial charge in [-0.2, -0.15) is 0 Å². The predicted octanol–water partition coefficient (Wildman–Crippen LogP) is 2.53. The van der Waals surface area contributed by atoms with Crippen molar-refractivity contribution in [1.82, 2.24) is 9.97 Å².